The van der Waals surface area contributed by atoms with Gasteiger partial charge in [0, 0.05) is 26.1 Å². The molecule has 0 aliphatic heterocycles. The average Bonchev–Trinajstić information content (AvgIpc) is 3.16. The van der Waals surface area contributed by atoms with E-state index in [1.54, 1.807) is 0 Å². The molecule has 0 saturated heterocycles. The lowest BCUT2D eigenvalue weighted by atomic mass is 10.1. The summed E-state index contributed by atoms with van der Waals surface area (Å²) in [5.41, 5.74) is 0. The van der Waals surface area contributed by atoms with E-state index in [0.29, 0.717) is 37.5 Å². The molecule has 2 aliphatic rings. The third-order valence-corrected chi connectivity index (χ3v) is 5.58. The second-order valence-electron chi connectivity index (χ2n) is 7.00. The van der Waals surface area contributed by atoms with E-state index in [1.165, 1.54) is 6.66 Å². The number of ether oxygens (including phenoxy) is 1. The summed E-state index contributed by atoms with van der Waals surface area (Å²) in [6.45, 7) is 2.61. The molecule has 1 saturated carbocycles. The Bertz CT molecular complexity index is 517. The van der Waals surface area contributed by atoms with Gasteiger partial charge in [0.15, 0.2) is 0 Å². The molecule has 0 aromatic carbocycles. The number of fused-ring (bicyclic) bond motifs is 1. The molecule has 6 nitrogen and oxygen atoms in total. The van der Waals surface area contributed by atoms with Crippen LogP contribution in [0.15, 0.2) is 0 Å². The van der Waals surface area contributed by atoms with Gasteiger partial charge in [0.05, 0.1) is 13.2 Å². The van der Waals surface area contributed by atoms with Gasteiger partial charge < -0.3 is 19.5 Å². The van der Waals surface area contributed by atoms with Gasteiger partial charge in [-0.25, -0.2) is 4.79 Å². The maximum atomic E-state index is 11.7. The molecule has 0 heterocycles. The molecule has 2 unspecified atom stereocenters. The molecule has 2 rings (SSSR count). The number of alkyl carbamates (subject to hydrolysis) is 1. The fraction of sp³-hybridized carbons (Fsp3) is 0.833. The average molecular weight is 371 g/mol. The normalized spacial score (nSPS) is 26.9. The summed E-state index contributed by atoms with van der Waals surface area (Å²) in [7, 11) is -3.35. The van der Waals surface area contributed by atoms with E-state index in [1.807, 2.05) is 0 Å². The van der Waals surface area contributed by atoms with Crippen LogP contribution in [-0.4, -0.2) is 37.4 Å². The van der Waals surface area contributed by atoms with Crippen molar-refractivity contribution in [1.29, 1.82) is 0 Å². The van der Waals surface area contributed by atoms with Crippen molar-refractivity contribution in [3.05, 3.63) is 0 Å². The Morgan fingerprint density at radius 3 is 2.44 bits per heavy atom. The van der Waals surface area contributed by atoms with Crippen LogP contribution in [0.5, 0.6) is 0 Å². The molecule has 0 radical (unpaired) electrons. The predicted molar refractivity (Wildman–Crippen MR) is 96.2 cm³/mol. The Labute approximate surface area is 150 Å². The van der Waals surface area contributed by atoms with E-state index >= 15 is 0 Å². The summed E-state index contributed by atoms with van der Waals surface area (Å²) < 4.78 is 21.1. The topological polar surface area (TPSA) is 84.9 Å². The number of unbranched alkanes of at least 4 members (excludes halogenated alkanes) is 3. The maximum absolute atomic E-state index is 11.7. The van der Waals surface area contributed by atoms with Gasteiger partial charge in [-0.15, -0.1) is 11.8 Å². The van der Waals surface area contributed by atoms with Crippen molar-refractivity contribution in [1.82, 2.24) is 5.32 Å². The van der Waals surface area contributed by atoms with Crippen molar-refractivity contribution >= 4 is 13.7 Å². The van der Waals surface area contributed by atoms with E-state index in [0.717, 1.165) is 51.4 Å². The highest BCUT2D eigenvalue weighted by Crippen LogP contribution is 2.52. The highest BCUT2D eigenvalue weighted by Gasteiger charge is 2.49. The lowest BCUT2D eigenvalue weighted by Gasteiger charge is -2.08. The van der Waals surface area contributed by atoms with Crippen LogP contribution in [0.25, 0.3) is 0 Å². The first-order valence-corrected chi connectivity index (χ1v) is 11.3. The van der Waals surface area contributed by atoms with Gasteiger partial charge in [0.25, 0.3) is 0 Å². The zero-order valence-electron chi connectivity index (χ0n) is 15.0. The minimum Gasteiger partial charge on any atom is -0.449 e. The van der Waals surface area contributed by atoms with Crippen molar-refractivity contribution in [3.63, 3.8) is 0 Å². The second kappa shape index (κ2) is 10.2. The Kier molecular flexibility index (Phi) is 8.29. The van der Waals surface area contributed by atoms with Gasteiger partial charge >= 0.3 is 13.7 Å². The summed E-state index contributed by atoms with van der Waals surface area (Å²) >= 11 is 0. The van der Waals surface area contributed by atoms with E-state index in [4.69, 9.17) is 14.2 Å². The standard InChI is InChI=1S/C18H30NO5P/c1-25(21,22)24-13-9-5-4-8-12-19-18(20)23-14-17-15-10-6-2-3-7-11-16(15)17/h15-17H,4-14H2,1H3,(H,19,20)(H,21,22)/t15-,16+,17?. The molecule has 2 N–H and O–H groups in total. The quantitative estimate of drug-likeness (QED) is 0.349. The molecule has 1 fully saturated rings. The smallest absolute Gasteiger partial charge is 0.407 e. The molecule has 0 spiro atoms. The maximum Gasteiger partial charge on any atom is 0.407 e. The van der Waals surface area contributed by atoms with Crippen LogP contribution in [-0.2, 0) is 13.8 Å². The van der Waals surface area contributed by atoms with Crippen LogP contribution in [0.3, 0.4) is 0 Å². The van der Waals surface area contributed by atoms with Crippen LogP contribution >= 0.6 is 7.60 Å². The SMILES string of the molecule is CP(=O)(O)OCCCCCCNC(=O)OCC1[C@H]2CCC#CCC[C@@H]12. The second-order valence-corrected chi connectivity index (χ2v) is 8.86. The fourth-order valence-electron chi connectivity index (χ4n) is 3.51. The number of amides is 1. The largest absolute Gasteiger partial charge is 0.449 e. The van der Waals surface area contributed by atoms with Crippen LogP contribution in [0.4, 0.5) is 4.79 Å². The zero-order valence-corrected chi connectivity index (χ0v) is 15.9. The summed E-state index contributed by atoms with van der Waals surface area (Å²) in [6.07, 6.45) is 7.36. The first-order chi connectivity index (χ1) is 12.0. The first-order valence-electron chi connectivity index (χ1n) is 9.28. The molecule has 1 amide bonds. The fourth-order valence-corrected chi connectivity index (χ4v) is 3.98. The number of nitrogens with one attached hydrogen (secondary N) is 1. The van der Waals surface area contributed by atoms with E-state index in [-0.39, 0.29) is 6.09 Å². The third-order valence-electron chi connectivity index (χ3n) is 4.92. The van der Waals surface area contributed by atoms with Gasteiger partial charge in [0.1, 0.15) is 0 Å². The molecule has 0 aromatic heterocycles. The molecule has 0 bridgehead atoms. The number of carbonyl (C=O) groups is 1. The summed E-state index contributed by atoms with van der Waals surface area (Å²) in [5, 5.41) is 2.79. The number of hydrogen-bond donors (Lipinski definition) is 2. The van der Waals surface area contributed by atoms with Crippen LogP contribution in [0, 0.1) is 29.6 Å². The lowest BCUT2D eigenvalue weighted by molar-refractivity contribution is 0.137. The Morgan fingerprint density at radius 2 is 1.80 bits per heavy atom. The Balaban J connectivity index is 1.43. The molecular weight excluding hydrogens is 341 g/mol. The minimum atomic E-state index is -3.35. The zero-order chi connectivity index (χ0) is 18.1. The number of carbonyl (C=O) groups excluding carboxylic acids is 1. The van der Waals surface area contributed by atoms with E-state index in [9.17, 15) is 9.36 Å². The molecule has 142 valence electrons. The van der Waals surface area contributed by atoms with Gasteiger partial charge in [-0.05, 0) is 43.4 Å². The van der Waals surface area contributed by atoms with Crippen molar-refractivity contribution in [3.8, 4) is 11.8 Å². The van der Waals surface area contributed by atoms with Crippen LogP contribution < -0.4 is 5.32 Å². The Morgan fingerprint density at radius 1 is 1.16 bits per heavy atom. The summed E-state index contributed by atoms with van der Waals surface area (Å²) in [5.74, 6) is 8.28. The molecule has 7 heteroatoms. The molecule has 2 aliphatic carbocycles. The van der Waals surface area contributed by atoms with E-state index in [2.05, 4.69) is 17.2 Å². The monoisotopic (exact) mass is 371 g/mol. The molecule has 0 aromatic rings. The summed E-state index contributed by atoms with van der Waals surface area (Å²) in [6, 6.07) is 0. The minimum absolute atomic E-state index is 0.300. The van der Waals surface area contributed by atoms with Crippen molar-refractivity contribution in [2.75, 3.05) is 26.4 Å². The third kappa shape index (κ3) is 8.27. The predicted octanol–water partition coefficient (Wildman–Crippen LogP) is 3.54. The lowest BCUT2D eigenvalue weighted by Crippen LogP contribution is -2.26. The van der Waals surface area contributed by atoms with Gasteiger partial charge in [-0.2, -0.15) is 0 Å². The molecular formula is C18H30NO5P. The van der Waals surface area contributed by atoms with Crippen molar-refractivity contribution < 1.29 is 23.5 Å². The van der Waals surface area contributed by atoms with Crippen LogP contribution in [0.2, 0.25) is 0 Å². The van der Waals surface area contributed by atoms with E-state index < -0.39 is 7.60 Å². The number of rotatable bonds is 10. The van der Waals surface area contributed by atoms with Gasteiger partial charge in [-0.3, -0.25) is 4.57 Å². The highest BCUT2D eigenvalue weighted by atomic mass is 31.2. The molecule has 25 heavy (non-hydrogen) atoms. The summed E-state index contributed by atoms with van der Waals surface area (Å²) in [4.78, 5) is 20.7. The van der Waals surface area contributed by atoms with Gasteiger partial charge in [-0.1, -0.05) is 12.8 Å². The molecule has 4 atom stereocenters. The van der Waals surface area contributed by atoms with Crippen LogP contribution in [0.1, 0.15) is 51.4 Å². The highest BCUT2D eigenvalue weighted by molar-refractivity contribution is 7.51. The number of hydrogen-bond acceptors (Lipinski definition) is 4. The van der Waals surface area contributed by atoms with Crippen molar-refractivity contribution in [2.45, 2.75) is 51.4 Å². The Hall–Kier alpha value is -1.02. The first kappa shape index (κ1) is 20.3. The van der Waals surface area contributed by atoms with Gasteiger partial charge in [0.2, 0.25) is 0 Å². The van der Waals surface area contributed by atoms with Crippen molar-refractivity contribution in [2.24, 2.45) is 17.8 Å².